The standard InChI is InChI=1S/C4HNO4/c5-1-2-8-3(6)4(7)9-2/h2H. The van der Waals surface area contributed by atoms with Crippen LogP contribution in [0.3, 0.4) is 0 Å². The molecule has 5 nitrogen and oxygen atoms in total. The topological polar surface area (TPSA) is 76.4 Å². The molecule has 1 saturated heterocycles. The third kappa shape index (κ3) is 0.817. The lowest BCUT2D eigenvalue weighted by molar-refractivity contribution is -0.150. The molecule has 0 N–H and O–H groups in total. The van der Waals surface area contributed by atoms with Crippen molar-refractivity contribution < 1.29 is 19.1 Å². The van der Waals surface area contributed by atoms with Gasteiger partial charge in [0.25, 0.3) is 0 Å². The van der Waals surface area contributed by atoms with Crippen LogP contribution in [0.5, 0.6) is 0 Å². The molecule has 1 heterocycles. The molecule has 0 amide bonds. The third-order valence-electron chi connectivity index (χ3n) is 0.700. The fraction of sp³-hybridized carbons (Fsp3) is 0.250. The van der Waals surface area contributed by atoms with Crippen LogP contribution in [0.1, 0.15) is 0 Å². The van der Waals surface area contributed by atoms with Crippen molar-refractivity contribution in [3.63, 3.8) is 0 Å². The number of hydrogen-bond donors (Lipinski definition) is 0. The van der Waals surface area contributed by atoms with E-state index in [1.165, 1.54) is 6.07 Å². The van der Waals surface area contributed by atoms with E-state index in [0.29, 0.717) is 0 Å². The lowest BCUT2D eigenvalue weighted by atomic mass is 10.7. The van der Waals surface area contributed by atoms with Crippen molar-refractivity contribution in [2.75, 3.05) is 0 Å². The summed E-state index contributed by atoms with van der Waals surface area (Å²) in [5.41, 5.74) is 0. The number of hydrogen-bond acceptors (Lipinski definition) is 5. The number of nitriles is 1. The molecule has 0 bridgehead atoms. The van der Waals surface area contributed by atoms with Gasteiger partial charge in [-0.3, -0.25) is 0 Å². The first-order valence-electron chi connectivity index (χ1n) is 2.05. The predicted molar refractivity (Wildman–Crippen MR) is 21.6 cm³/mol. The molecule has 1 rings (SSSR count). The first kappa shape index (κ1) is 5.56. The largest absolute Gasteiger partial charge is 0.421 e. The summed E-state index contributed by atoms with van der Waals surface area (Å²) in [5.74, 6) is -2.22. The normalized spacial score (nSPS) is 18.6. The zero-order chi connectivity index (χ0) is 6.85. The molecule has 46 valence electrons. The van der Waals surface area contributed by atoms with E-state index in [1.807, 2.05) is 0 Å². The number of cyclic esters (lactones) is 2. The van der Waals surface area contributed by atoms with E-state index in [4.69, 9.17) is 5.26 Å². The number of carbonyl (C=O) groups is 2. The quantitative estimate of drug-likeness (QED) is 0.306. The van der Waals surface area contributed by atoms with E-state index < -0.39 is 18.2 Å². The van der Waals surface area contributed by atoms with Crippen LogP contribution in [0.25, 0.3) is 0 Å². The highest BCUT2D eigenvalue weighted by molar-refractivity contribution is 6.31. The number of rotatable bonds is 0. The van der Waals surface area contributed by atoms with Crippen LogP contribution < -0.4 is 0 Å². The van der Waals surface area contributed by atoms with Crippen LogP contribution >= 0.6 is 0 Å². The molecule has 5 heteroatoms. The zero-order valence-corrected chi connectivity index (χ0v) is 4.16. The minimum absolute atomic E-state index is 1.11. The second-order valence-corrected chi connectivity index (χ2v) is 1.27. The molecule has 0 spiro atoms. The highest BCUT2D eigenvalue weighted by Gasteiger charge is 2.33. The Morgan fingerprint density at radius 3 is 2.00 bits per heavy atom. The van der Waals surface area contributed by atoms with Gasteiger partial charge >= 0.3 is 18.2 Å². The molecule has 0 saturated carbocycles. The highest BCUT2D eigenvalue weighted by atomic mass is 16.8. The Hall–Kier alpha value is -1.57. The van der Waals surface area contributed by atoms with E-state index in [-0.39, 0.29) is 0 Å². The Morgan fingerprint density at radius 1 is 1.33 bits per heavy atom. The van der Waals surface area contributed by atoms with Crippen molar-refractivity contribution in [1.29, 1.82) is 5.26 Å². The van der Waals surface area contributed by atoms with Crippen LogP contribution in [0.2, 0.25) is 0 Å². The van der Waals surface area contributed by atoms with Crippen molar-refractivity contribution in [3.05, 3.63) is 0 Å². The summed E-state index contributed by atoms with van der Waals surface area (Å²) < 4.78 is 8.10. The second-order valence-electron chi connectivity index (χ2n) is 1.27. The first-order valence-corrected chi connectivity index (χ1v) is 2.05. The van der Waals surface area contributed by atoms with Gasteiger partial charge in [0.1, 0.15) is 0 Å². The maximum Gasteiger partial charge on any atom is 0.421 e. The fourth-order valence-corrected chi connectivity index (χ4v) is 0.367. The summed E-state index contributed by atoms with van der Waals surface area (Å²) in [5, 5.41) is 8.00. The maximum atomic E-state index is 10.1. The van der Waals surface area contributed by atoms with Gasteiger partial charge in [-0.05, 0) is 0 Å². The average molecular weight is 127 g/mol. The molecular formula is C4HNO4. The highest BCUT2D eigenvalue weighted by Crippen LogP contribution is 2.04. The Kier molecular flexibility index (Phi) is 1.08. The smallest absolute Gasteiger partial charge is 0.403 e. The molecule has 0 aromatic heterocycles. The number of nitrogens with zero attached hydrogens (tertiary/aromatic N) is 1. The fourth-order valence-electron chi connectivity index (χ4n) is 0.367. The van der Waals surface area contributed by atoms with Crippen LogP contribution in [-0.4, -0.2) is 18.2 Å². The minimum Gasteiger partial charge on any atom is -0.403 e. The lowest BCUT2D eigenvalue weighted by Crippen LogP contribution is -2.05. The van der Waals surface area contributed by atoms with Crippen LogP contribution in [-0.2, 0) is 19.1 Å². The Balaban J connectivity index is 2.67. The number of esters is 2. The summed E-state index contributed by atoms with van der Waals surface area (Å²) in [4.78, 5) is 20.2. The molecule has 1 aliphatic heterocycles. The molecule has 1 aliphatic rings. The molecule has 0 radical (unpaired) electrons. The van der Waals surface area contributed by atoms with E-state index in [1.54, 1.807) is 0 Å². The monoisotopic (exact) mass is 127 g/mol. The van der Waals surface area contributed by atoms with Crippen molar-refractivity contribution in [3.8, 4) is 6.07 Å². The summed E-state index contributed by atoms with van der Waals surface area (Å²) in [6, 6.07) is 1.44. The van der Waals surface area contributed by atoms with Crippen LogP contribution in [0.15, 0.2) is 0 Å². The second kappa shape index (κ2) is 1.74. The van der Waals surface area contributed by atoms with E-state index in [9.17, 15) is 9.59 Å². The van der Waals surface area contributed by atoms with Gasteiger partial charge < -0.3 is 9.47 Å². The van der Waals surface area contributed by atoms with Gasteiger partial charge in [-0.1, -0.05) is 0 Å². The van der Waals surface area contributed by atoms with Gasteiger partial charge in [-0.2, -0.15) is 5.26 Å². The molecule has 9 heavy (non-hydrogen) atoms. The zero-order valence-electron chi connectivity index (χ0n) is 4.16. The van der Waals surface area contributed by atoms with E-state index in [0.717, 1.165) is 0 Å². The van der Waals surface area contributed by atoms with Gasteiger partial charge in [0.2, 0.25) is 0 Å². The van der Waals surface area contributed by atoms with Gasteiger partial charge in [-0.25, -0.2) is 9.59 Å². The van der Waals surface area contributed by atoms with Crippen molar-refractivity contribution >= 4 is 11.9 Å². The van der Waals surface area contributed by atoms with Gasteiger partial charge in [-0.15, -0.1) is 0 Å². The third-order valence-corrected chi connectivity index (χ3v) is 0.700. The maximum absolute atomic E-state index is 10.1. The number of carbonyl (C=O) groups excluding carboxylic acids is 2. The van der Waals surface area contributed by atoms with Gasteiger partial charge in [0.05, 0.1) is 0 Å². The minimum atomic E-state index is -1.34. The van der Waals surface area contributed by atoms with Gasteiger partial charge in [0.15, 0.2) is 6.07 Å². The SMILES string of the molecule is N#CC1OC(=O)C(=O)O1. The molecule has 1 fully saturated rings. The van der Waals surface area contributed by atoms with E-state index >= 15 is 0 Å². The number of ether oxygens (including phenoxy) is 2. The Bertz CT molecular complexity index is 187. The molecule has 0 unspecified atom stereocenters. The first-order chi connectivity index (χ1) is 4.24. The summed E-state index contributed by atoms with van der Waals surface area (Å²) in [6.45, 7) is 0. The van der Waals surface area contributed by atoms with Crippen LogP contribution in [0.4, 0.5) is 0 Å². The lowest BCUT2D eigenvalue weighted by Gasteiger charge is -1.90. The Morgan fingerprint density at radius 2 is 1.78 bits per heavy atom. The molecule has 0 aromatic rings. The Labute approximate surface area is 49.8 Å². The van der Waals surface area contributed by atoms with Gasteiger partial charge in [0, 0.05) is 0 Å². The summed E-state index contributed by atoms with van der Waals surface area (Å²) in [7, 11) is 0. The van der Waals surface area contributed by atoms with Crippen molar-refractivity contribution in [2.24, 2.45) is 0 Å². The average Bonchev–Trinajstić information content (AvgIpc) is 2.13. The predicted octanol–water partition coefficient (Wildman–Crippen LogP) is -1.06. The van der Waals surface area contributed by atoms with Crippen LogP contribution in [0, 0.1) is 11.3 Å². The summed E-state index contributed by atoms with van der Waals surface area (Å²) >= 11 is 0. The van der Waals surface area contributed by atoms with E-state index in [2.05, 4.69) is 9.47 Å². The molecule has 0 aliphatic carbocycles. The van der Waals surface area contributed by atoms with Crippen molar-refractivity contribution in [2.45, 2.75) is 6.29 Å². The van der Waals surface area contributed by atoms with Crippen molar-refractivity contribution in [1.82, 2.24) is 0 Å². The molecule has 0 aromatic carbocycles. The molecule has 0 atom stereocenters. The summed E-state index contributed by atoms with van der Waals surface area (Å²) in [6.07, 6.45) is -1.34. The molecular weight excluding hydrogens is 126 g/mol.